The van der Waals surface area contributed by atoms with E-state index in [4.69, 9.17) is 34.8 Å². The Morgan fingerprint density at radius 1 is 1.03 bits per heavy atom. The molecule has 11 heteroatoms. The number of nitrogens with zero attached hydrogens (tertiary/aromatic N) is 1. The summed E-state index contributed by atoms with van der Waals surface area (Å²) in [5.74, 6) is -1.16. The molecule has 0 saturated carbocycles. The predicted octanol–water partition coefficient (Wildman–Crippen LogP) is 4.04. The number of benzene rings is 2. The van der Waals surface area contributed by atoms with E-state index in [1.165, 1.54) is 25.2 Å². The van der Waals surface area contributed by atoms with Crippen LogP contribution in [-0.2, 0) is 14.8 Å². The normalized spacial score (nSPS) is 11.4. The van der Waals surface area contributed by atoms with Crippen molar-refractivity contribution in [1.82, 2.24) is 9.62 Å². The highest BCUT2D eigenvalue weighted by atomic mass is 35.5. The van der Waals surface area contributed by atoms with Crippen LogP contribution in [0.5, 0.6) is 0 Å². The average Bonchev–Trinajstić information content (AvgIpc) is 2.63. The fourth-order valence-corrected chi connectivity index (χ4v) is 4.47. The van der Waals surface area contributed by atoms with E-state index in [0.29, 0.717) is 0 Å². The van der Waals surface area contributed by atoms with Crippen molar-refractivity contribution in [3.05, 3.63) is 57.0 Å². The SMILES string of the molecule is CC(C)NS(=O)(=O)c1ccc(Cl)c(C(=O)N(C)CC(=O)Nc2c(Cl)cccc2Cl)c1. The Morgan fingerprint density at radius 3 is 2.20 bits per heavy atom. The van der Waals surface area contributed by atoms with E-state index in [-0.39, 0.29) is 43.8 Å². The molecule has 162 valence electrons. The molecule has 0 fully saturated rings. The summed E-state index contributed by atoms with van der Waals surface area (Å²) in [6.45, 7) is 3.02. The topological polar surface area (TPSA) is 95.6 Å². The Morgan fingerprint density at radius 2 is 1.63 bits per heavy atom. The van der Waals surface area contributed by atoms with Crippen LogP contribution in [0.1, 0.15) is 24.2 Å². The number of likely N-dealkylation sites (N-methyl/N-ethyl adjacent to an activating group) is 1. The number of amides is 2. The van der Waals surface area contributed by atoms with Gasteiger partial charge in [0.25, 0.3) is 5.91 Å². The number of carbonyl (C=O) groups excluding carboxylic acids is 2. The number of sulfonamides is 1. The minimum atomic E-state index is -3.82. The second-order valence-corrected chi connectivity index (χ2v) is 9.66. The van der Waals surface area contributed by atoms with Gasteiger partial charge in [-0.25, -0.2) is 13.1 Å². The van der Waals surface area contributed by atoms with Gasteiger partial charge in [0.1, 0.15) is 0 Å². The first-order chi connectivity index (χ1) is 13.9. The summed E-state index contributed by atoms with van der Waals surface area (Å²) in [7, 11) is -2.43. The molecule has 30 heavy (non-hydrogen) atoms. The highest BCUT2D eigenvalue weighted by molar-refractivity contribution is 7.89. The molecule has 0 bridgehead atoms. The van der Waals surface area contributed by atoms with Crippen molar-refractivity contribution >= 4 is 62.3 Å². The number of rotatable bonds is 7. The Labute approximate surface area is 190 Å². The molecular formula is C19H20Cl3N3O4S. The molecule has 0 aromatic heterocycles. The van der Waals surface area contributed by atoms with Crippen LogP contribution in [-0.4, -0.2) is 44.8 Å². The highest BCUT2D eigenvalue weighted by Crippen LogP contribution is 2.29. The lowest BCUT2D eigenvalue weighted by Crippen LogP contribution is -2.35. The second kappa shape index (κ2) is 9.98. The highest BCUT2D eigenvalue weighted by Gasteiger charge is 2.23. The molecule has 0 aliphatic carbocycles. The van der Waals surface area contributed by atoms with Crippen LogP contribution in [0.3, 0.4) is 0 Å². The van der Waals surface area contributed by atoms with Gasteiger partial charge >= 0.3 is 0 Å². The minimum Gasteiger partial charge on any atom is -0.332 e. The molecule has 0 heterocycles. The zero-order chi connectivity index (χ0) is 22.6. The van der Waals surface area contributed by atoms with Gasteiger partial charge in [0.15, 0.2) is 0 Å². The molecule has 2 aromatic carbocycles. The molecule has 2 amide bonds. The summed E-state index contributed by atoms with van der Waals surface area (Å²) in [4.78, 5) is 26.1. The van der Waals surface area contributed by atoms with Crippen LogP contribution in [0.2, 0.25) is 15.1 Å². The van der Waals surface area contributed by atoms with Gasteiger partial charge in [-0.05, 0) is 44.2 Å². The zero-order valence-corrected chi connectivity index (χ0v) is 19.5. The largest absolute Gasteiger partial charge is 0.332 e. The van der Waals surface area contributed by atoms with Crippen molar-refractivity contribution in [2.75, 3.05) is 18.9 Å². The van der Waals surface area contributed by atoms with Gasteiger partial charge in [-0.3, -0.25) is 9.59 Å². The molecule has 2 rings (SSSR count). The summed E-state index contributed by atoms with van der Waals surface area (Å²) < 4.78 is 27.2. The maximum atomic E-state index is 12.8. The summed E-state index contributed by atoms with van der Waals surface area (Å²) in [5.41, 5.74) is 0.187. The van der Waals surface area contributed by atoms with E-state index < -0.39 is 21.8 Å². The number of anilines is 1. The van der Waals surface area contributed by atoms with E-state index >= 15 is 0 Å². The number of carbonyl (C=O) groups is 2. The number of nitrogens with one attached hydrogen (secondary N) is 2. The lowest BCUT2D eigenvalue weighted by molar-refractivity contribution is -0.116. The van der Waals surface area contributed by atoms with Crippen molar-refractivity contribution in [2.24, 2.45) is 0 Å². The van der Waals surface area contributed by atoms with Gasteiger partial charge < -0.3 is 10.2 Å². The van der Waals surface area contributed by atoms with Crippen molar-refractivity contribution in [3.63, 3.8) is 0 Å². The van der Waals surface area contributed by atoms with E-state index in [1.807, 2.05) is 0 Å². The molecule has 2 aromatic rings. The summed E-state index contributed by atoms with van der Waals surface area (Å²) in [6, 6.07) is 8.23. The fraction of sp³-hybridized carbons (Fsp3) is 0.263. The zero-order valence-electron chi connectivity index (χ0n) is 16.4. The smallest absolute Gasteiger partial charge is 0.255 e. The van der Waals surface area contributed by atoms with E-state index in [0.717, 1.165) is 4.90 Å². The van der Waals surface area contributed by atoms with Crippen LogP contribution in [0, 0.1) is 0 Å². The quantitative estimate of drug-likeness (QED) is 0.610. The Kier molecular flexibility index (Phi) is 8.13. The third kappa shape index (κ3) is 6.09. The monoisotopic (exact) mass is 491 g/mol. The van der Waals surface area contributed by atoms with Crippen molar-refractivity contribution in [3.8, 4) is 0 Å². The number of hydrogen-bond acceptors (Lipinski definition) is 4. The molecule has 2 N–H and O–H groups in total. The molecule has 7 nitrogen and oxygen atoms in total. The third-order valence-electron chi connectivity index (χ3n) is 3.82. The minimum absolute atomic E-state index is 0.0469. The molecule has 0 radical (unpaired) electrons. The van der Waals surface area contributed by atoms with Crippen LogP contribution < -0.4 is 10.0 Å². The maximum Gasteiger partial charge on any atom is 0.255 e. The molecule has 0 aliphatic heterocycles. The van der Waals surface area contributed by atoms with Gasteiger partial charge in [0, 0.05) is 13.1 Å². The standard InChI is InChI=1S/C19H20Cl3N3O4S/c1-11(2)24-30(28,29)12-7-8-14(20)13(9-12)19(27)25(3)10-17(26)23-18-15(21)5-4-6-16(18)22/h4-9,11,24H,10H2,1-3H3,(H,23,26). The summed E-state index contributed by atoms with van der Waals surface area (Å²) >= 11 is 18.2. The van der Waals surface area contributed by atoms with E-state index in [1.54, 1.807) is 32.0 Å². The van der Waals surface area contributed by atoms with Gasteiger partial charge in [0.05, 0.1) is 37.8 Å². The maximum absolute atomic E-state index is 12.8. The molecule has 0 unspecified atom stereocenters. The van der Waals surface area contributed by atoms with E-state index in [2.05, 4.69) is 10.0 Å². The fourth-order valence-electron chi connectivity index (χ4n) is 2.50. The molecular weight excluding hydrogens is 473 g/mol. The molecule has 0 saturated heterocycles. The average molecular weight is 493 g/mol. The second-order valence-electron chi connectivity index (χ2n) is 6.72. The molecule has 0 aliphatic rings. The Bertz CT molecular complexity index is 1050. The van der Waals surface area contributed by atoms with Crippen LogP contribution >= 0.6 is 34.8 Å². The number of hydrogen-bond donors (Lipinski definition) is 2. The Hall–Kier alpha value is -1.84. The lowest BCUT2D eigenvalue weighted by Gasteiger charge is -2.19. The van der Waals surface area contributed by atoms with Crippen molar-refractivity contribution in [2.45, 2.75) is 24.8 Å². The van der Waals surface area contributed by atoms with E-state index in [9.17, 15) is 18.0 Å². The lowest BCUT2D eigenvalue weighted by atomic mass is 10.2. The van der Waals surface area contributed by atoms with Gasteiger partial charge in [-0.2, -0.15) is 0 Å². The number of para-hydroxylation sites is 1. The Balaban J connectivity index is 2.19. The van der Waals surface area contributed by atoms with Crippen LogP contribution in [0.15, 0.2) is 41.3 Å². The predicted molar refractivity (Wildman–Crippen MR) is 119 cm³/mol. The molecule has 0 spiro atoms. The van der Waals surface area contributed by atoms with Gasteiger partial charge in [-0.1, -0.05) is 40.9 Å². The number of halogens is 3. The van der Waals surface area contributed by atoms with Gasteiger partial charge in [-0.15, -0.1) is 0 Å². The van der Waals surface area contributed by atoms with Crippen molar-refractivity contribution < 1.29 is 18.0 Å². The first-order valence-electron chi connectivity index (χ1n) is 8.73. The summed E-state index contributed by atoms with van der Waals surface area (Å²) in [6.07, 6.45) is 0. The van der Waals surface area contributed by atoms with Crippen LogP contribution in [0.4, 0.5) is 5.69 Å². The first kappa shape index (κ1) is 24.4. The van der Waals surface area contributed by atoms with Gasteiger partial charge in [0.2, 0.25) is 15.9 Å². The van der Waals surface area contributed by atoms with Crippen LogP contribution in [0.25, 0.3) is 0 Å². The molecule has 0 atom stereocenters. The summed E-state index contributed by atoms with van der Waals surface area (Å²) in [5, 5.41) is 3.12. The third-order valence-corrected chi connectivity index (χ3v) is 6.44. The first-order valence-corrected chi connectivity index (χ1v) is 11.3. The van der Waals surface area contributed by atoms with Crippen molar-refractivity contribution in [1.29, 1.82) is 0 Å².